The van der Waals surface area contributed by atoms with Crippen LogP contribution < -0.4 is 10.1 Å². The molecule has 0 aromatic heterocycles. The highest BCUT2D eigenvalue weighted by atomic mass is 16.5. The number of benzene rings is 2. The van der Waals surface area contributed by atoms with Crippen LogP contribution in [-0.4, -0.2) is 20.8 Å². The normalized spacial score (nSPS) is 10.6. The summed E-state index contributed by atoms with van der Waals surface area (Å²) in [7, 11) is 3.42. The molecule has 0 spiro atoms. The van der Waals surface area contributed by atoms with Gasteiger partial charge in [-0.2, -0.15) is 0 Å². The van der Waals surface area contributed by atoms with Crippen molar-refractivity contribution in [3.8, 4) is 5.75 Å². The maximum Gasteiger partial charge on any atom is 0.118 e. The van der Waals surface area contributed by atoms with Crippen LogP contribution in [0.25, 0.3) is 0 Å². The van der Waals surface area contributed by atoms with Gasteiger partial charge in [-0.25, -0.2) is 0 Å². The first kappa shape index (κ1) is 15.5. The van der Waals surface area contributed by atoms with Crippen LogP contribution in [-0.2, 0) is 24.3 Å². The molecule has 21 heavy (non-hydrogen) atoms. The summed E-state index contributed by atoms with van der Waals surface area (Å²) in [4.78, 5) is 0. The van der Waals surface area contributed by atoms with Crippen molar-refractivity contribution in [3.05, 3.63) is 65.2 Å². The molecule has 0 saturated carbocycles. The third kappa shape index (κ3) is 4.88. The van der Waals surface area contributed by atoms with Crippen molar-refractivity contribution in [2.75, 3.05) is 20.8 Å². The molecule has 0 heterocycles. The van der Waals surface area contributed by atoms with E-state index in [1.807, 2.05) is 12.1 Å². The smallest absolute Gasteiger partial charge is 0.118 e. The Bertz CT molecular complexity index is 537. The van der Waals surface area contributed by atoms with E-state index in [9.17, 15) is 0 Å². The third-order valence-corrected chi connectivity index (χ3v) is 3.48. The van der Waals surface area contributed by atoms with E-state index >= 15 is 0 Å². The molecule has 2 aromatic rings. The average molecular weight is 285 g/mol. The van der Waals surface area contributed by atoms with Crippen molar-refractivity contribution in [1.29, 1.82) is 0 Å². The van der Waals surface area contributed by atoms with Crippen molar-refractivity contribution in [3.63, 3.8) is 0 Å². The molecule has 0 fully saturated rings. The van der Waals surface area contributed by atoms with E-state index in [0.29, 0.717) is 6.61 Å². The van der Waals surface area contributed by atoms with Gasteiger partial charge in [0.05, 0.1) is 13.7 Å². The largest absolute Gasteiger partial charge is 0.497 e. The minimum Gasteiger partial charge on any atom is -0.497 e. The van der Waals surface area contributed by atoms with Crippen molar-refractivity contribution in [1.82, 2.24) is 5.32 Å². The van der Waals surface area contributed by atoms with Crippen LogP contribution in [0.15, 0.2) is 48.5 Å². The van der Waals surface area contributed by atoms with Crippen molar-refractivity contribution in [2.24, 2.45) is 0 Å². The first-order valence-corrected chi connectivity index (χ1v) is 7.23. The minimum atomic E-state index is 0.663. The molecule has 2 rings (SSSR count). The lowest BCUT2D eigenvalue weighted by Gasteiger charge is -2.10. The molecule has 0 radical (unpaired) electrons. The van der Waals surface area contributed by atoms with E-state index < -0.39 is 0 Å². The third-order valence-electron chi connectivity index (χ3n) is 3.48. The molecule has 3 heteroatoms. The van der Waals surface area contributed by atoms with E-state index in [4.69, 9.17) is 9.47 Å². The molecular formula is C18H23NO2. The van der Waals surface area contributed by atoms with Crippen molar-refractivity contribution in [2.45, 2.75) is 19.6 Å². The van der Waals surface area contributed by atoms with Gasteiger partial charge < -0.3 is 14.8 Å². The van der Waals surface area contributed by atoms with Gasteiger partial charge in [-0.05, 0) is 41.8 Å². The Balaban J connectivity index is 1.79. The lowest BCUT2D eigenvalue weighted by Crippen LogP contribution is -2.17. The van der Waals surface area contributed by atoms with Crippen LogP contribution in [0, 0.1) is 0 Å². The summed E-state index contributed by atoms with van der Waals surface area (Å²) < 4.78 is 10.4. The van der Waals surface area contributed by atoms with Gasteiger partial charge in [0.2, 0.25) is 0 Å². The Hall–Kier alpha value is -1.84. The zero-order chi connectivity index (χ0) is 14.9. The monoisotopic (exact) mass is 285 g/mol. The Morgan fingerprint density at radius 2 is 1.62 bits per heavy atom. The van der Waals surface area contributed by atoms with Gasteiger partial charge in [-0.1, -0.05) is 36.4 Å². The predicted molar refractivity (Wildman–Crippen MR) is 85.6 cm³/mol. The van der Waals surface area contributed by atoms with Gasteiger partial charge in [0.25, 0.3) is 0 Å². The molecule has 2 aromatic carbocycles. The summed E-state index contributed by atoms with van der Waals surface area (Å²) in [5.74, 6) is 0.903. The summed E-state index contributed by atoms with van der Waals surface area (Å²) >= 11 is 0. The Labute approximate surface area is 126 Å². The van der Waals surface area contributed by atoms with Crippen LogP contribution in [0.3, 0.4) is 0 Å². The fourth-order valence-corrected chi connectivity index (χ4v) is 2.27. The van der Waals surface area contributed by atoms with Gasteiger partial charge in [0.1, 0.15) is 5.75 Å². The molecule has 0 unspecified atom stereocenters. The fourth-order valence-electron chi connectivity index (χ4n) is 2.27. The quantitative estimate of drug-likeness (QED) is 0.756. The van der Waals surface area contributed by atoms with Gasteiger partial charge in [0.15, 0.2) is 0 Å². The molecule has 112 valence electrons. The number of hydrogen-bond acceptors (Lipinski definition) is 3. The van der Waals surface area contributed by atoms with E-state index in [-0.39, 0.29) is 0 Å². The summed E-state index contributed by atoms with van der Waals surface area (Å²) in [5.41, 5.74) is 3.86. The lowest BCUT2D eigenvalue weighted by molar-refractivity contribution is 0.184. The average Bonchev–Trinajstić information content (AvgIpc) is 2.54. The van der Waals surface area contributed by atoms with Crippen LogP contribution in [0.1, 0.15) is 16.7 Å². The van der Waals surface area contributed by atoms with E-state index in [0.717, 1.165) is 25.3 Å². The minimum absolute atomic E-state index is 0.663. The summed E-state index contributed by atoms with van der Waals surface area (Å²) in [6.07, 6.45) is 1.01. The standard InChI is InChI=1S/C18H23NO2/c1-20-14-17-6-4-3-5-16(17)13-19-12-11-15-7-9-18(21-2)10-8-15/h3-10,19H,11-14H2,1-2H3. The highest BCUT2D eigenvalue weighted by Crippen LogP contribution is 2.12. The van der Waals surface area contributed by atoms with E-state index in [1.165, 1.54) is 16.7 Å². The zero-order valence-electron chi connectivity index (χ0n) is 12.8. The maximum absolute atomic E-state index is 5.23. The second kappa shape index (κ2) is 8.45. The molecule has 0 saturated heterocycles. The molecule has 0 bridgehead atoms. The van der Waals surface area contributed by atoms with E-state index in [2.05, 4.69) is 41.7 Å². The molecule has 0 atom stereocenters. The second-order valence-electron chi connectivity index (χ2n) is 4.98. The fraction of sp³-hybridized carbons (Fsp3) is 0.333. The predicted octanol–water partition coefficient (Wildman–Crippen LogP) is 3.17. The van der Waals surface area contributed by atoms with Crippen molar-refractivity contribution >= 4 is 0 Å². The Morgan fingerprint density at radius 1 is 0.905 bits per heavy atom. The van der Waals surface area contributed by atoms with Crippen molar-refractivity contribution < 1.29 is 9.47 Å². The number of hydrogen-bond donors (Lipinski definition) is 1. The molecule has 3 nitrogen and oxygen atoms in total. The zero-order valence-corrected chi connectivity index (χ0v) is 12.8. The lowest BCUT2D eigenvalue weighted by atomic mass is 10.1. The van der Waals surface area contributed by atoms with Crippen LogP contribution in [0.4, 0.5) is 0 Å². The SMILES string of the molecule is COCc1ccccc1CNCCc1ccc(OC)cc1. The maximum atomic E-state index is 5.23. The number of rotatable bonds is 8. The van der Waals surface area contributed by atoms with E-state index in [1.54, 1.807) is 14.2 Å². The summed E-state index contributed by atoms with van der Waals surface area (Å²) in [6, 6.07) is 16.6. The Kier molecular flexibility index (Phi) is 6.25. The molecule has 1 N–H and O–H groups in total. The Morgan fingerprint density at radius 3 is 2.29 bits per heavy atom. The highest BCUT2D eigenvalue weighted by Gasteiger charge is 2.01. The van der Waals surface area contributed by atoms with Crippen LogP contribution in [0.5, 0.6) is 5.75 Å². The summed E-state index contributed by atoms with van der Waals surface area (Å²) in [5, 5.41) is 3.49. The van der Waals surface area contributed by atoms with Gasteiger partial charge >= 0.3 is 0 Å². The topological polar surface area (TPSA) is 30.5 Å². The number of methoxy groups -OCH3 is 2. The van der Waals surface area contributed by atoms with Gasteiger partial charge in [-0.3, -0.25) is 0 Å². The first-order chi connectivity index (χ1) is 10.3. The van der Waals surface area contributed by atoms with Gasteiger partial charge in [0, 0.05) is 13.7 Å². The molecule has 0 aliphatic carbocycles. The first-order valence-electron chi connectivity index (χ1n) is 7.23. The molecule has 0 aliphatic rings. The molecule has 0 aliphatic heterocycles. The number of ether oxygens (including phenoxy) is 2. The van der Waals surface area contributed by atoms with Crippen LogP contribution >= 0.6 is 0 Å². The molecular weight excluding hydrogens is 262 g/mol. The van der Waals surface area contributed by atoms with Gasteiger partial charge in [-0.15, -0.1) is 0 Å². The second-order valence-corrected chi connectivity index (χ2v) is 4.98. The molecule has 0 amide bonds. The summed E-state index contributed by atoms with van der Waals surface area (Å²) in [6.45, 7) is 2.49. The highest BCUT2D eigenvalue weighted by molar-refractivity contribution is 5.28. The van der Waals surface area contributed by atoms with Crippen LogP contribution in [0.2, 0.25) is 0 Å². The number of nitrogens with one attached hydrogen (secondary N) is 1.